The van der Waals surface area contributed by atoms with Crippen LogP contribution in [0.5, 0.6) is 11.5 Å². The van der Waals surface area contributed by atoms with Gasteiger partial charge in [-0.1, -0.05) is 25.5 Å². The van der Waals surface area contributed by atoms with Crippen LogP contribution >= 0.6 is 0 Å². The van der Waals surface area contributed by atoms with E-state index in [1.807, 2.05) is 0 Å². The molecule has 0 bridgehead atoms. The molecule has 9 heteroatoms. The second-order valence-electron chi connectivity index (χ2n) is 11.7. The van der Waals surface area contributed by atoms with Crippen LogP contribution in [0.15, 0.2) is 36.6 Å². The maximum absolute atomic E-state index is 14.9. The largest absolute Gasteiger partial charge is 0.453 e. The zero-order chi connectivity index (χ0) is 28.7. The third-order valence-electron chi connectivity index (χ3n) is 8.92. The maximum Gasteiger partial charge on any atom is 0.400 e. The molecule has 1 saturated heterocycles. The Balaban J connectivity index is 1.21. The molecule has 0 spiro atoms. The van der Waals surface area contributed by atoms with Crippen LogP contribution in [0.3, 0.4) is 0 Å². The van der Waals surface area contributed by atoms with Gasteiger partial charge in [0.15, 0.2) is 23.6 Å². The third-order valence-corrected chi connectivity index (χ3v) is 8.92. The fraction of sp³-hybridized carbons (Fsp3) is 0.677. The zero-order valence-corrected chi connectivity index (χ0v) is 23.0. The standard InChI is InChI=1S/C31H40F6O3/c1-2-3-21-7-15-25(38-18-21)14-6-20-4-8-22(9-5-20)23-10-12-24(13-11-23)31(36,37)40-26-16-27(32)30(28(33)17-26)39-19-29(34)35/h6,14,16-17,19-25H,2-5,7-13,15,18H2,1H3. The van der Waals surface area contributed by atoms with Crippen LogP contribution in [0.4, 0.5) is 26.3 Å². The highest BCUT2D eigenvalue weighted by molar-refractivity contribution is 5.35. The number of benzene rings is 1. The number of alkyl halides is 2. The topological polar surface area (TPSA) is 27.7 Å². The summed E-state index contributed by atoms with van der Waals surface area (Å²) in [6.45, 7) is 3.07. The molecular formula is C31H40F6O3. The van der Waals surface area contributed by atoms with Crippen LogP contribution in [0, 0.1) is 41.2 Å². The van der Waals surface area contributed by atoms with E-state index in [-0.39, 0.29) is 25.2 Å². The second-order valence-corrected chi connectivity index (χ2v) is 11.7. The van der Waals surface area contributed by atoms with Crippen LogP contribution in [0.1, 0.15) is 84.0 Å². The zero-order valence-electron chi connectivity index (χ0n) is 23.0. The van der Waals surface area contributed by atoms with E-state index in [2.05, 4.69) is 23.8 Å². The van der Waals surface area contributed by atoms with Crippen LogP contribution in [0.2, 0.25) is 0 Å². The van der Waals surface area contributed by atoms with E-state index in [1.54, 1.807) is 0 Å². The van der Waals surface area contributed by atoms with Gasteiger partial charge in [0.2, 0.25) is 0 Å². The van der Waals surface area contributed by atoms with Crippen molar-refractivity contribution in [2.45, 2.75) is 96.2 Å². The van der Waals surface area contributed by atoms with Gasteiger partial charge in [-0.25, -0.2) is 8.78 Å². The molecule has 1 aliphatic heterocycles. The lowest BCUT2D eigenvalue weighted by Gasteiger charge is -2.39. The highest BCUT2D eigenvalue weighted by atomic mass is 19.3. The lowest BCUT2D eigenvalue weighted by atomic mass is 9.69. The van der Waals surface area contributed by atoms with E-state index in [0.29, 0.717) is 48.6 Å². The average Bonchev–Trinajstić information content (AvgIpc) is 2.92. The highest BCUT2D eigenvalue weighted by Gasteiger charge is 2.45. The molecule has 0 radical (unpaired) electrons. The minimum absolute atomic E-state index is 0.132. The van der Waals surface area contributed by atoms with Gasteiger partial charge in [0.05, 0.1) is 18.6 Å². The summed E-state index contributed by atoms with van der Waals surface area (Å²) < 4.78 is 97.2. The third kappa shape index (κ3) is 8.43. The molecule has 224 valence electrons. The monoisotopic (exact) mass is 574 g/mol. The first-order chi connectivity index (χ1) is 19.1. The van der Waals surface area contributed by atoms with Gasteiger partial charge < -0.3 is 14.2 Å². The van der Waals surface area contributed by atoms with E-state index in [4.69, 9.17) is 9.47 Å². The predicted molar refractivity (Wildman–Crippen MR) is 140 cm³/mol. The van der Waals surface area contributed by atoms with Crippen molar-refractivity contribution in [2.24, 2.45) is 29.6 Å². The Morgan fingerprint density at radius 3 is 2.08 bits per heavy atom. The molecule has 0 amide bonds. The Hall–Kier alpha value is -2.16. The molecule has 3 nitrogen and oxygen atoms in total. The summed E-state index contributed by atoms with van der Waals surface area (Å²) in [5, 5.41) is 0. The average molecular weight is 575 g/mol. The number of halogens is 6. The van der Waals surface area contributed by atoms with E-state index in [0.717, 1.165) is 38.7 Å². The van der Waals surface area contributed by atoms with Gasteiger partial charge in [0, 0.05) is 12.1 Å². The Bertz CT molecular complexity index is 977. The van der Waals surface area contributed by atoms with Crippen LogP contribution < -0.4 is 9.47 Å². The summed E-state index contributed by atoms with van der Waals surface area (Å²) in [4.78, 5) is 0. The van der Waals surface area contributed by atoms with Gasteiger partial charge in [-0.05, 0) is 94.3 Å². The summed E-state index contributed by atoms with van der Waals surface area (Å²) in [5.74, 6) is -3.56. The minimum Gasteiger partial charge on any atom is -0.453 e. The van der Waals surface area contributed by atoms with Crippen LogP contribution in [-0.2, 0) is 4.74 Å². The highest BCUT2D eigenvalue weighted by Crippen LogP contribution is 2.46. The van der Waals surface area contributed by atoms with Crippen molar-refractivity contribution in [1.82, 2.24) is 0 Å². The molecule has 2 aliphatic carbocycles. The van der Waals surface area contributed by atoms with Gasteiger partial charge in [0.25, 0.3) is 0 Å². The van der Waals surface area contributed by atoms with Crippen molar-refractivity contribution in [3.05, 3.63) is 48.3 Å². The SMILES string of the molecule is CCCC1CCC(C=CC2CCC(C3CCC(C(F)(F)Oc4cc(F)c(OC=C(F)F)c(F)c4)CC3)CC2)OC1. The van der Waals surface area contributed by atoms with Crippen molar-refractivity contribution >= 4 is 0 Å². The molecule has 2 atom stereocenters. The Kier molecular flexibility index (Phi) is 10.9. The number of allylic oxidation sites excluding steroid dienone is 1. The molecule has 2 saturated carbocycles. The molecule has 4 rings (SSSR count). The molecule has 2 unspecified atom stereocenters. The van der Waals surface area contributed by atoms with Crippen molar-refractivity contribution in [2.75, 3.05) is 6.61 Å². The molecular weight excluding hydrogens is 534 g/mol. The smallest absolute Gasteiger partial charge is 0.400 e. The number of ether oxygens (including phenoxy) is 3. The lowest BCUT2D eigenvalue weighted by Crippen LogP contribution is -2.38. The van der Waals surface area contributed by atoms with Crippen molar-refractivity contribution in [3.8, 4) is 11.5 Å². The Labute approximate surface area is 232 Å². The Morgan fingerprint density at radius 1 is 0.900 bits per heavy atom. The van der Waals surface area contributed by atoms with Crippen LogP contribution in [-0.4, -0.2) is 18.8 Å². The molecule has 40 heavy (non-hydrogen) atoms. The molecule has 3 aliphatic rings. The first-order valence-corrected chi connectivity index (χ1v) is 14.7. The molecule has 1 heterocycles. The van der Waals surface area contributed by atoms with E-state index < -0.39 is 41.2 Å². The fourth-order valence-electron chi connectivity index (χ4n) is 6.68. The summed E-state index contributed by atoms with van der Waals surface area (Å²) in [6.07, 6.45) is 9.81. The predicted octanol–water partition coefficient (Wildman–Crippen LogP) is 9.82. The van der Waals surface area contributed by atoms with Crippen molar-refractivity contribution in [3.63, 3.8) is 0 Å². The van der Waals surface area contributed by atoms with Gasteiger partial charge >= 0.3 is 12.2 Å². The molecule has 1 aromatic carbocycles. The van der Waals surface area contributed by atoms with E-state index in [9.17, 15) is 26.3 Å². The van der Waals surface area contributed by atoms with E-state index in [1.165, 1.54) is 19.3 Å². The van der Waals surface area contributed by atoms with Gasteiger partial charge in [-0.2, -0.15) is 17.6 Å². The Morgan fingerprint density at radius 2 is 1.52 bits per heavy atom. The number of rotatable bonds is 10. The summed E-state index contributed by atoms with van der Waals surface area (Å²) in [7, 11) is 0. The van der Waals surface area contributed by atoms with Crippen molar-refractivity contribution in [1.29, 1.82) is 0 Å². The molecule has 3 fully saturated rings. The fourth-order valence-corrected chi connectivity index (χ4v) is 6.68. The quantitative estimate of drug-likeness (QED) is 0.158. The van der Waals surface area contributed by atoms with Gasteiger partial charge in [-0.15, -0.1) is 0 Å². The van der Waals surface area contributed by atoms with E-state index >= 15 is 0 Å². The summed E-state index contributed by atoms with van der Waals surface area (Å²) in [6, 6.07) is 1.02. The molecule has 0 N–H and O–H groups in total. The maximum atomic E-state index is 14.9. The first-order valence-electron chi connectivity index (χ1n) is 14.7. The normalized spacial score (nSPS) is 29.8. The second kappa shape index (κ2) is 14.1. The number of hydrogen-bond acceptors (Lipinski definition) is 3. The first kappa shape index (κ1) is 30.8. The summed E-state index contributed by atoms with van der Waals surface area (Å²) in [5.41, 5.74) is 0. The van der Waals surface area contributed by atoms with Crippen LogP contribution in [0.25, 0.3) is 0 Å². The molecule has 0 aromatic heterocycles. The van der Waals surface area contributed by atoms with Crippen molar-refractivity contribution < 1.29 is 40.6 Å². The summed E-state index contributed by atoms with van der Waals surface area (Å²) >= 11 is 0. The van der Waals surface area contributed by atoms with Gasteiger partial charge in [0.1, 0.15) is 5.75 Å². The molecule has 1 aromatic rings. The minimum atomic E-state index is -3.61. The van der Waals surface area contributed by atoms with Gasteiger partial charge in [-0.3, -0.25) is 0 Å². The number of hydrogen-bond donors (Lipinski definition) is 0. The lowest BCUT2D eigenvalue weighted by molar-refractivity contribution is -0.224.